The van der Waals surface area contributed by atoms with Gasteiger partial charge in [-0.05, 0) is 18.1 Å². The summed E-state index contributed by atoms with van der Waals surface area (Å²) in [4.78, 5) is 16.2. The van der Waals surface area contributed by atoms with Crippen LogP contribution in [-0.4, -0.2) is 17.4 Å². The van der Waals surface area contributed by atoms with Crippen molar-refractivity contribution in [3.63, 3.8) is 0 Å². The van der Waals surface area contributed by atoms with Gasteiger partial charge in [0, 0.05) is 31.0 Å². The normalized spacial score (nSPS) is 10.5. The van der Waals surface area contributed by atoms with Crippen LogP contribution in [0.4, 0.5) is 10.1 Å². The van der Waals surface area contributed by atoms with Crippen LogP contribution in [0.15, 0.2) is 42.7 Å². The number of halogens is 1. The number of hydrogen-bond acceptors (Lipinski definition) is 3. The van der Waals surface area contributed by atoms with Crippen LogP contribution in [0.3, 0.4) is 0 Å². The number of nitrogens with zero attached hydrogens (tertiary/aromatic N) is 1. The SMILES string of the molecule is CC(C)CNc1cncc(C(=O)NCc2ccccc2F)c1. The standard InChI is InChI=1S/C17H20FN3O/c1-12(2)8-20-15-7-14(9-19-11-15)17(22)21-10-13-5-3-4-6-16(13)18/h3-7,9,11-12,20H,8,10H2,1-2H3,(H,21,22). The van der Waals surface area contributed by atoms with Crippen molar-refractivity contribution in [1.82, 2.24) is 10.3 Å². The van der Waals surface area contributed by atoms with Gasteiger partial charge in [0.05, 0.1) is 11.3 Å². The summed E-state index contributed by atoms with van der Waals surface area (Å²) in [5, 5.41) is 5.92. The fraction of sp³-hybridized carbons (Fsp3) is 0.294. The lowest BCUT2D eigenvalue weighted by molar-refractivity contribution is 0.0950. The van der Waals surface area contributed by atoms with Crippen molar-refractivity contribution >= 4 is 11.6 Å². The second-order valence-corrected chi connectivity index (χ2v) is 5.51. The van der Waals surface area contributed by atoms with Gasteiger partial charge in [0.1, 0.15) is 5.82 Å². The van der Waals surface area contributed by atoms with Gasteiger partial charge < -0.3 is 10.6 Å². The first-order valence-electron chi connectivity index (χ1n) is 7.27. The molecule has 2 N–H and O–H groups in total. The quantitative estimate of drug-likeness (QED) is 0.861. The molecule has 0 saturated carbocycles. The molecule has 5 heteroatoms. The van der Waals surface area contributed by atoms with E-state index >= 15 is 0 Å². The Bertz CT molecular complexity index is 643. The van der Waals surface area contributed by atoms with Crippen LogP contribution in [0.5, 0.6) is 0 Å². The van der Waals surface area contributed by atoms with Gasteiger partial charge >= 0.3 is 0 Å². The average Bonchev–Trinajstić information content (AvgIpc) is 2.52. The molecule has 0 aliphatic carbocycles. The van der Waals surface area contributed by atoms with Gasteiger partial charge in [-0.1, -0.05) is 32.0 Å². The Morgan fingerprint density at radius 3 is 2.77 bits per heavy atom. The predicted molar refractivity (Wildman–Crippen MR) is 85.1 cm³/mol. The molecule has 0 aliphatic rings. The maximum atomic E-state index is 13.5. The number of nitrogens with one attached hydrogen (secondary N) is 2. The van der Waals surface area contributed by atoms with E-state index in [0.717, 1.165) is 12.2 Å². The summed E-state index contributed by atoms with van der Waals surface area (Å²) in [6.45, 7) is 5.16. The second kappa shape index (κ2) is 7.54. The zero-order valence-corrected chi connectivity index (χ0v) is 12.8. The van der Waals surface area contributed by atoms with Gasteiger partial charge in [0.25, 0.3) is 5.91 Å². The molecule has 0 atom stereocenters. The minimum Gasteiger partial charge on any atom is -0.384 e. The van der Waals surface area contributed by atoms with Gasteiger partial charge in [-0.15, -0.1) is 0 Å². The van der Waals surface area contributed by atoms with Gasteiger partial charge in [0.2, 0.25) is 0 Å². The molecule has 22 heavy (non-hydrogen) atoms. The van der Waals surface area contributed by atoms with Crippen LogP contribution >= 0.6 is 0 Å². The highest BCUT2D eigenvalue weighted by Crippen LogP contribution is 2.10. The molecule has 1 aromatic carbocycles. The van der Waals surface area contributed by atoms with Crippen molar-refractivity contribution in [3.8, 4) is 0 Å². The van der Waals surface area contributed by atoms with E-state index in [-0.39, 0.29) is 18.3 Å². The Morgan fingerprint density at radius 2 is 2.05 bits per heavy atom. The number of carbonyl (C=O) groups excluding carboxylic acids is 1. The Hall–Kier alpha value is -2.43. The van der Waals surface area contributed by atoms with Crippen molar-refractivity contribution in [2.75, 3.05) is 11.9 Å². The summed E-state index contributed by atoms with van der Waals surface area (Å²) in [6, 6.07) is 8.12. The first-order valence-corrected chi connectivity index (χ1v) is 7.27. The fourth-order valence-electron chi connectivity index (χ4n) is 1.90. The van der Waals surface area contributed by atoms with Gasteiger partial charge in [-0.2, -0.15) is 0 Å². The lowest BCUT2D eigenvalue weighted by atomic mass is 10.2. The zero-order chi connectivity index (χ0) is 15.9. The molecule has 1 amide bonds. The van der Waals surface area contributed by atoms with E-state index in [9.17, 15) is 9.18 Å². The minimum absolute atomic E-state index is 0.148. The van der Waals surface area contributed by atoms with Crippen molar-refractivity contribution in [3.05, 3.63) is 59.7 Å². The smallest absolute Gasteiger partial charge is 0.253 e. The third kappa shape index (κ3) is 4.55. The predicted octanol–water partition coefficient (Wildman–Crippen LogP) is 3.22. The average molecular weight is 301 g/mol. The van der Waals surface area contributed by atoms with E-state index in [2.05, 4.69) is 29.5 Å². The Labute approximate surface area is 129 Å². The first-order chi connectivity index (χ1) is 10.6. The minimum atomic E-state index is -0.326. The first kappa shape index (κ1) is 15.9. The maximum absolute atomic E-state index is 13.5. The summed E-state index contributed by atoms with van der Waals surface area (Å²) in [6.07, 6.45) is 3.17. The van der Waals surface area contributed by atoms with E-state index in [0.29, 0.717) is 17.0 Å². The van der Waals surface area contributed by atoms with Crippen LogP contribution in [0.2, 0.25) is 0 Å². The maximum Gasteiger partial charge on any atom is 0.253 e. The monoisotopic (exact) mass is 301 g/mol. The number of benzene rings is 1. The summed E-state index contributed by atoms with van der Waals surface area (Å²) in [7, 11) is 0. The molecule has 0 fully saturated rings. The highest BCUT2D eigenvalue weighted by molar-refractivity contribution is 5.94. The van der Waals surface area contributed by atoms with E-state index in [1.807, 2.05) is 0 Å². The number of aromatic nitrogens is 1. The number of anilines is 1. The van der Waals surface area contributed by atoms with Crippen LogP contribution in [0.1, 0.15) is 29.8 Å². The van der Waals surface area contributed by atoms with E-state index in [4.69, 9.17) is 0 Å². The molecule has 0 unspecified atom stereocenters. The van der Waals surface area contributed by atoms with Crippen molar-refractivity contribution in [2.24, 2.45) is 5.92 Å². The summed E-state index contributed by atoms with van der Waals surface area (Å²) >= 11 is 0. The molecule has 0 saturated heterocycles. The van der Waals surface area contributed by atoms with Crippen molar-refractivity contribution in [1.29, 1.82) is 0 Å². The number of hydrogen-bond donors (Lipinski definition) is 2. The van der Waals surface area contributed by atoms with Crippen LogP contribution in [0, 0.1) is 11.7 Å². The Kier molecular flexibility index (Phi) is 5.47. The summed E-state index contributed by atoms with van der Waals surface area (Å²) < 4.78 is 13.5. The largest absolute Gasteiger partial charge is 0.384 e. The lowest BCUT2D eigenvalue weighted by Gasteiger charge is -2.10. The molecule has 0 bridgehead atoms. The van der Waals surface area contributed by atoms with Crippen LogP contribution < -0.4 is 10.6 Å². The molecule has 0 radical (unpaired) electrons. The number of pyridine rings is 1. The molecule has 0 spiro atoms. The zero-order valence-electron chi connectivity index (χ0n) is 12.8. The van der Waals surface area contributed by atoms with E-state index in [1.165, 1.54) is 12.3 Å². The lowest BCUT2D eigenvalue weighted by Crippen LogP contribution is -2.23. The highest BCUT2D eigenvalue weighted by atomic mass is 19.1. The molecular weight excluding hydrogens is 281 g/mol. The molecule has 2 rings (SSSR count). The van der Waals surface area contributed by atoms with Gasteiger partial charge in [-0.25, -0.2) is 4.39 Å². The molecule has 0 aliphatic heterocycles. The van der Waals surface area contributed by atoms with Crippen LogP contribution in [0.25, 0.3) is 0 Å². The van der Waals surface area contributed by atoms with Crippen molar-refractivity contribution in [2.45, 2.75) is 20.4 Å². The van der Waals surface area contributed by atoms with Gasteiger partial charge in [0.15, 0.2) is 0 Å². The third-order valence-corrected chi connectivity index (χ3v) is 3.11. The van der Waals surface area contributed by atoms with Crippen LogP contribution in [-0.2, 0) is 6.54 Å². The number of rotatable bonds is 6. The second-order valence-electron chi connectivity index (χ2n) is 5.51. The molecule has 2 aromatic rings. The van der Waals surface area contributed by atoms with E-state index in [1.54, 1.807) is 30.5 Å². The number of carbonyl (C=O) groups is 1. The highest BCUT2D eigenvalue weighted by Gasteiger charge is 2.08. The fourth-order valence-corrected chi connectivity index (χ4v) is 1.90. The molecular formula is C17H20FN3O. The van der Waals surface area contributed by atoms with E-state index < -0.39 is 0 Å². The summed E-state index contributed by atoms with van der Waals surface area (Å²) in [5.74, 6) is -0.101. The molecule has 1 heterocycles. The molecule has 1 aromatic heterocycles. The summed E-state index contributed by atoms with van der Waals surface area (Å²) in [5.41, 5.74) is 1.70. The van der Waals surface area contributed by atoms with Gasteiger partial charge in [-0.3, -0.25) is 9.78 Å². The van der Waals surface area contributed by atoms with Crippen molar-refractivity contribution < 1.29 is 9.18 Å². The molecule has 116 valence electrons. The Balaban J connectivity index is 1.97. The third-order valence-electron chi connectivity index (χ3n) is 3.11. The topological polar surface area (TPSA) is 54.0 Å². The molecule has 4 nitrogen and oxygen atoms in total. The Morgan fingerprint density at radius 1 is 1.27 bits per heavy atom. The number of amides is 1.